The molecule has 5 heteroatoms. The molecule has 1 N–H and O–H groups in total. The summed E-state index contributed by atoms with van der Waals surface area (Å²) in [5.41, 5.74) is 0.627. The summed E-state index contributed by atoms with van der Waals surface area (Å²) >= 11 is 0. The van der Waals surface area contributed by atoms with Gasteiger partial charge in [-0.3, -0.25) is 4.79 Å². The third-order valence-corrected chi connectivity index (χ3v) is 4.29. The normalized spacial score (nSPS) is 16.1. The molecule has 1 aliphatic heterocycles. The van der Waals surface area contributed by atoms with E-state index in [2.05, 4.69) is 12.2 Å². The number of halogens is 1. The second-order valence-electron chi connectivity index (χ2n) is 6.06. The van der Waals surface area contributed by atoms with Gasteiger partial charge in [0.25, 0.3) is 5.91 Å². The second-order valence-corrected chi connectivity index (χ2v) is 6.06. The van der Waals surface area contributed by atoms with Crippen molar-refractivity contribution in [2.24, 2.45) is 0 Å². The molecule has 2 aromatic rings. The lowest BCUT2D eigenvalue weighted by Crippen LogP contribution is -2.42. The molecule has 0 saturated carbocycles. The summed E-state index contributed by atoms with van der Waals surface area (Å²) in [6.45, 7) is 4.72. The van der Waals surface area contributed by atoms with E-state index in [0.717, 1.165) is 38.2 Å². The van der Waals surface area contributed by atoms with Gasteiger partial charge in [0.2, 0.25) is 0 Å². The van der Waals surface area contributed by atoms with Gasteiger partial charge in [-0.05, 0) is 43.7 Å². The molecule has 1 atom stereocenters. The predicted molar refractivity (Wildman–Crippen MR) is 103 cm³/mol. The third kappa shape index (κ3) is 4.74. The van der Waals surface area contributed by atoms with Gasteiger partial charge in [-0.15, -0.1) is 12.4 Å². The van der Waals surface area contributed by atoms with Crippen molar-refractivity contribution in [3.63, 3.8) is 0 Å². The molecule has 0 spiro atoms. The topological polar surface area (TPSA) is 41.6 Å². The summed E-state index contributed by atoms with van der Waals surface area (Å²) in [5.74, 6) is 1.40. The number of carbonyl (C=O) groups is 1. The maximum Gasteiger partial charge on any atom is 0.257 e. The van der Waals surface area contributed by atoms with Crippen LogP contribution in [0.5, 0.6) is 11.5 Å². The molecule has 2 aromatic carbocycles. The Labute approximate surface area is 155 Å². The fourth-order valence-corrected chi connectivity index (χ4v) is 3.10. The SMILES string of the molecule is CCCN(C(=O)c1ccccc1Oc1ccccc1)[C@H]1CCNC1.Cl. The summed E-state index contributed by atoms with van der Waals surface area (Å²) in [5, 5.41) is 3.35. The number of para-hydroxylation sites is 2. The standard InChI is InChI=1S/C20H24N2O2.ClH/c1-2-14-22(16-12-13-21-15-16)20(23)18-10-6-7-11-19(18)24-17-8-4-3-5-9-17;/h3-11,16,21H,2,12-15H2,1H3;1H/t16-;/m0./s1. The summed E-state index contributed by atoms with van der Waals surface area (Å²) in [7, 11) is 0. The van der Waals surface area contributed by atoms with Crippen molar-refractivity contribution >= 4 is 18.3 Å². The van der Waals surface area contributed by atoms with E-state index in [1.54, 1.807) is 0 Å². The van der Waals surface area contributed by atoms with Gasteiger partial charge in [0.15, 0.2) is 0 Å². The zero-order chi connectivity index (χ0) is 16.8. The van der Waals surface area contributed by atoms with Crippen molar-refractivity contribution in [2.45, 2.75) is 25.8 Å². The van der Waals surface area contributed by atoms with Crippen LogP contribution in [0.4, 0.5) is 0 Å². The Balaban J connectivity index is 0.00000225. The lowest BCUT2D eigenvalue weighted by Gasteiger charge is -2.29. The molecule has 25 heavy (non-hydrogen) atoms. The van der Waals surface area contributed by atoms with E-state index >= 15 is 0 Å². The summed E-state index contributed by atoms with van der Waals surface area (Å²) < 4.78 is 5.96. The Morgan fingerprint density at radius 2 is 1.88 bits per heavy atom. The first-order valence-electron chi connectivity index (χ1n) is 8.63. The summed E-state index contributed by atoms with van der Waals surface area (Å²) in [4.78, 5) is 15.1. The Morgan fingerprint density at radius 3 is 2.56 bits per heavy atom. The Bertz CT molecular complexity index is 672. The molecule has 1 amide bonds. The maximum absolute atomic E-state index is 13.2. The fourth-order valence-electron chi connectivity index (χ4n) is 3.10. The van der Waals surface area contributed by atoms with Crippen molar-refractivity contribution in [3.8, 4) is 11.5 Å². The van der Waals surface area contributed by atoms with Crippen LogP contribution in [0.25, 0.3) is 0 Å². The smallest absolute Gasteiger partial charge is 0.257 e. The van der Waals surface area contributed by atoms with E-state index in [1.807, 2.05) is 59.5 Å². The van der Waals surface area contributed by atoms with E-state index in [4.69, 9.17) is 4.74 Å². The third-order valence-electron chi connectivity index (χ3n) is 4.29. The van der Waals surface area contributed by atoms with Crippen molar-refractivity contribution in [3.05, 3.63) is 60.2 Å². The number of hydrogen-bond acceptors (Lipinski definition) is 3. The first kappa shape index (κ1) is 19.3. The average Bonchev–Trinajstić information content (AvgIpc) is 3.15. The monoisotopic (exact) mass is 360 g/mol. The first-order valence-corrected chi connectivity index (χ1v) is 8.63. The highest BCUT2D eigenvalue weighted by atomic mass is 35.5. The van der Waals surface area contributed by atoms with Crippen LogP contribution in [0, 0.1) is 0 Å². The van der Waals surface area contributed by atoms with E-state index in [9.17, 15) is 4.79 Å². The van der Waals surface area contributed by atoms with Crippen molar-refractivity contribution in [1.29, 1.82) is 0 Å². The zero-order valence-electron chi connectivity index (χ0n) is 14.5. The van der Waals surface area contributed by atoms with Crippen LogP contribution >= 0.6 is 12.4 Å². The van der Waals surface area contributed by atoms with Crippen LogP contribution in [-0.2, 0) is 0 Å². The van der Waals surface area contributed by atoms with Crippen LogP contribution in [0.3, 0.4) is 0 Å². The molecule has 1 fully saturated rings. The van der Waals surface area contributed by atoms with E-state index in [1.165, 1.54) is 0 Å². The van der Waals surface area contributed by atoms with Crippen LogP contribution < -0.4 is 10.1 Å². The number of rotatable bonds is 6. The Hall–Kier alpha value is -2.04. The Morgan fingerprint density at radius 1 is 1.16 bits per heavy atom. The van der Waals surface area contributed by atoms with Crippen molar-refractivity contribution in [1.82, 2.24) is 10.2 Å². The lowest BCUT2D eigenvalue weighted by atomic mass is 10.1. The number of carbonyl (C=O) groups excluding carboxylic acids is 1. The van der Waals surface area contributed by atoms with E-state index in [-0.39, 0.29) is 24.4 Å². The van der Waals surface area contributed by atoms with Crippen molar-refractivity contribution < 1.29 is 9.53 Å². The van der Waals surface area contributed by atoms with Crippen molar-refractivity contribution in [2.75, 3.05) is 19.6 Å². The highest BCUT2D eigenvalue weighted by Crippen LogP contribution is 2.27. The average molecular weight is 361 g/mol. The molecule has 134 valence electrons. The van der Waals surface area contributed by atoms with Gasteiger partial charge >= 0.3 is 0 Å². The molecule has 1 saturated heterocycles. The summed E-state index contributed by atoms with van der Waals surface area (Å²) in [6.07, 6.45) is 1.96. The van der Waals surface area contributed by atoms with Gasteiger partial charge in [-0.1, -0.05) is 37.3 Å². The molecule has 0 bridgehead atoms. The maximum atomic E-state index is 13.2. The Kier molecular flexibility index (Phi) is 7.29. The minimum Gasteiger partial charge on any atom is -0.457 e. The van der Waals surface area contributed by atoms with Crippen LogP contribution in [0.1, 0.15) is 30.1 Å². The van der Waals surface area contributed by atoms with Gasteiger partial charge in [0.1, 0.15) is 11.5 Å². The minimum atomic E-state index is 0. The van der Waals surface area contributed by atoms with Crippen LogP contribution in [0.2, 0.25) is 0 Å². The van der Waals surface area contributed by atoms with Crippen LogP contribution in [-0.4, -0.2) is 36.5 Å². The number of hydrogen-bond donors (Lipinski definition) is 1. The van der Waals surface area contributed by atoms with Gasteiger partial charge in [-0.25, -0.2) is 0 Å². The van der Waals surface area contributed by atoms with Gasteiger partial charge in [0.05, 0.1) is 5.56 Å². The molecule has 0 unspecified atom stereocenters. The number of nitrogens with one attached hydrogen (secondary N) is 1. The number of benzene rings is 2. The number of amides is 1. The molecule has 4 nitrogen and oxygen atoms in total. The fraction of sp³-hybridized carbons (Fsp3) is 0.350. The van der Waals surface area contributed by atoms with E-state index < -0.39 is 0 Å². The van der Waals surface area contributed by atoms with Crippen LogP contribution in [0.15, 0.2) is 54.6 Å². The van der Waals surface area contributed by atoms with Gasteiger partial charge < -0.3 is 15.0 Å². The second kappa shape index (κ2) is 9.44. The lowest BCUT2D eigenvalue weighted by molar-refractivity contribution is 0.0689. The number of nitrogens with zero attached hydrogens (tertiary/aromatic N) is 1. The minimum absolute atomic E-state index is 0. The molecule has 1 heterocycles. The molecule has 1 aliphatic rings. The highest BCUT2D eigenvalue weighted by molar-refractivity contribution is 5.97. The predicted octanol–water partition coefficient (Wildman–Crippen LogP) is 4.11. The first-order chi connectivity index (χ1) is 11.8. The largest absolute Gasteiger partial charge is 0.457 e. The molecule has 0 aromatic heterocycles. The molecular weight excluding hydrogens is 336 g/mol. The zero-order valence-corrected chi connectivity index (χ0v) is 15.3. The highest BCUT2D eigenvalue weighted by Gasteiger charge is 2.28. The molecule has 3 rings (SSSR count). The van der Waals surface area contributed by atoms with Gasteiger partial charge in [-0.2, -0.15) is 0 Å². The van der Waals surface area contributed by atoms with E-state index in [0.29, 0.717) is 11.3 Å². The number of ether oxygens (including phenoxy) is 1. The quantitative estimate of drug-likeness (QED) is 0.842. The molecule has 0 aliphatic carbocycles. The molecular formula is C20H25ClN2O2. The summed E-state index contributed by atoms with van der Waals surface area (Å²) in [6, 6.07) is 17.3. The van der Waals surface area contributed by atoms with Gasteiger partial charge in [0, 0.05) is 19.1 Å². The molecule has 0 radical (unpaired) electrons.